The number of amides is 10. The van der Waals surface area contributed by atoms with Gasteiger partial charge in [-0.2, -0.15) is 8.42 Å². The van der Waals surface area contributed by atoms with Gasteiger partial charge in [-0.05, 0) is 100 Å². The number of esters is 1. The number of para-hydroxylation sites is 1. The van der Waals surface area contributed by atoms with Gasteiger partial charge in [-0.3, -0.25) is 47.7 Å². The highest BCUT2D eigenvalue weighted by Gasteiger charge is 2.34. The van der Waals surface area contributed by atoms with E-state index < -0.39 is 81.6 Å². The van der Waals surface area contributed by atoms with E-state index in [1.165, 1.54) is 0 Å². The van der Waals surface area contributed by atoms with Crippen LogP contribution in [0.5, 0.6) is 0 Å². The van der Waals surface area contributed by atoms with Gasteiger partial charge in [0.2, 0.25) is 47.3 Å². The van der Waals surface area contributed by atoms with Gasteiger partial charge in [0.15, 0.2) is 0 Å². The number of urea groups is 1. The predicted molar refractivity (Wildman–Crippen MR) is 455 cm³/mol. The first-order valence-corrected chi connectivity index (χ1v) is 44.2. The summed E-state index contributed by atoms with van der Waals surface area (Å²) in [5.41, 5.74) is 12.9. The maximum Gasteiger partial charge on any atom is 0.312 e. The number of unbranched alkanes of at least 4 members (excludes halogenated alkanes) is 1. The van der Waals surface area contributed by atoms with E-state index in [9.17, 15) is 56.4 Å². The number of rotatable bonds is 60. The minimum Gasteiger partial charge on any atom is -0.461 e. The van der Waals surface area contributed by atoms with Gasteiger partial charge >= 0.3 is 12.0 Å². The molecule has 1 aliphatic heterocycles. The first-order valence-electron chi connectivity index (χ1n) is 42.6. The average molecular weight is 1760 g/mol. The molecule has 0 radical (unpaired) electrons. The van der Waals surface area contributed by atoms with Crippen molar-refractivity contribution in [1.29, 1.82) is 0 Å². The minimum atomic E-state index is -4.15. The quantitative estimate of drug-likeness (QED) is 0.0145. The lowest BCUT2D eigenvalue weighted by Gasteiger charge is -2.28. The summed E-state index contributed by atoms with van der Waals surface area (Å²) in [6.45, 7) is 15.7. The highest BCUT2D eigenvalue weighted by Crippen LogP contribution is 2.42. The largest absolute Gasteiger partial charge is 0.461 e. The third-order valence-electron chi connectivity index (χ3n) is 19.8. The molecule has 5 aromatic rings. The monoisotopic (exact) mass is 1760 g/mol. The standard InChI is InChI=1S/C84H126N16O23S/c1-58(2)76(82(108)92-67(21-16-34-89-84(85)110)80(106)90-63-27-25-61(26-28-63)56-123-83(109)59(3)4)93-81(107)66(20-14-15-33-86-74(104)57-122-70-24-9-7-8-23-69-78(70)95-96-99(69)37-41-117-45-49-121-53-51-118-46-42-114-38-31-72(102)88-36-54-124(111,112)113)91-73(103)32-39-115-43-47-119-50-52-120-48-44-116-40-35-87-71(101)29-30-75(105)98-55-62-17-10-11-18-64(62)79-77(94-97-100(79)60(5)6)65-19-12-13-22-68(65)98/h10-13,17-19,22,25-28,58-60,66-67,70,76H,7-9,14-16,20-21,23-24,29-57H2,1-6H3,(H,86,104)(H,87,101)(H,88,102)(H,90,106)(H,91,103)(H,92,108)(H,93,107)(H3,85,89,110)(H,111,112,113)/t66-,67+,70?,76+/m1/s1. The van der Waals surface area contributed by atoms with Crippen LogP contribution in [0.3, 0.4) is 0 Å². The summed E-state index contributed by atoms with van der Waals surface area (Å²) in [6, 6.07) is 17.9. The molecule has 2 aliphatic rings. The molecule has 7 rings (SSSR count). The molecule has 3 aromatic carbocycles. The summed E-state index contributed by atoms with van der Waals surface area (Å²) in [7, 11) is -4.15. The summed E-state index contributed by atoms with van der Waals surface area (Å²) in [4.78, 5) is 134. The maximum absolute atomic E-state index is 14.4. The van der Waals surface area contributed by atoms with Gasteiger partial charge in [0, 0.05) is 74.7 Å². The zero-order chi connectivity index (χ0) is 89.4. The normalized spacial score (nSPS) is 13.9. The molecule has 0 saturated heterocycles. The maximum atomic E-state index is 14.4. The summed E-state index contributed by atoms with van der Waals surface area (Å²) in [5.74, 6) is -5.53. The van der Waals surface area contributed by atoms with Gasteiger partial charge in [0.1, 0.15) is 48.8 Å². The van der Waals surface area contributed by atoms with E-state index in [4.69, 9.17) is 57.7 Å². The second-order valence-corrected chi connectivity index (χ2v) is 32.1. The van der Waals surface area contributed by atoms with Crippen LogP contribution in [0.2, 0.25) is 0 Å². The first-order chi connectivity index (χ1) is 59.8. The van der Waals surface area contributed by atoms with Crippen molar-refractivity contribution in [2.24, 2.45) is 17.6 Å². The molecule has 40 heteroatoms. The number of nitrogens with two attached hydrogens (primary N) is 1. The number of benzene rings is 3. The Morgan fingerprint density at radius 3 is 1.77 bits per heavy atom. The molecule has 1 aliphatic carbocycles. The smallest absolute Gasteiger partial charge is 0.312 e. The van der Waals surface area contributed by atoms with Gasteiger partial charge in [-0.15, -0.1) is 10.2 Å². The molecule has 124 heavy (non-hydrogen) atoms. The van der Waals surface area contributed by atoms with Crippen LogP contribution in [0.4, 0.5) is 16.2 Å². The van der Waals surface area contributed by atoms with Gasteiger partial charge in [0.05, 0.1) is 148 Å². The molecule has 0 fully saturated rings. The molecule has 0 saturated carbocycles. The Hall–Kier alpha value is -10.0. The van der Waals surface area contributed by atoms with Crippen LogP contribution >= 0.6 is 0 Å². The lowest BCUT2D eigenvalue weighted by atomic mass is 9.95. The zero-order valence-electron chi connectivity index (χ0n) is 72.1. The van der Waals surface area contributed by atoms with E-state index in [0.29, 0.717) is 100 Å². The predicted octanol–water partition coefficient (Wildman–Crippen LogP) is 4.50. The Labute approximate surface area is 724 Å². The molecule has 1 unspecified atom stereocenters. The fraction of sp³-hybridized carbons (Fsp3) is 0.619. The average Bonchev–Trinajstić information content (AvgIpc) is 1.59. The molecule has 4 atom stereocenters. The molecule has 11 N–H and O–H groups in total. The van der Waals surface area contributed by atoms with Crippen molar-refractivity contribution >= 4 is 80.8 Å². The summed E-state index contributed by atoms with van der Waals surface area (Å²) >= 11 is 0. The summed E-state index contributed by atoms with van der Waals surface area (Å²) in [5, 5.41) is 39.8. The van der Waals surface area contributed by atoms with Crippen molar-refractivity contribution in [3.8, 4) is 22.5 Å². The van der Waals surface area contributed by atoms with Crippen LogP contribution < -0.4 is 53.2 Å². The Morgan fingerprint density at radius 1 is 0.548 bits per heavy atom. The van der Waals surface area contributed by atoms with Gasteiger partial charge < -0.3 is 101 Å². The number of hydrogen-bond donors (Lipinski definition) is 10. The fourth-order valence-corrected chi connectivity index (χ4v) is 13.5. The van der Waals surface area contributed by atoms with Gasteiger partial charge in [-0.25, -0.2) is 14.2 Å². The number of nitrogens with zero attached hydrogens (tertiary/aromatic N) is 7. The van der Waals surface area contributed by atoms with Crippen molar-refractivity contribution in [1.82, 2.24) is 67.2 Å². The Balaban J connectivity index is 0.814. The molecule has 10 amide bonds. The number of nitrogens with one attached hydrogen (secondary N) is 8. The topological polar surface area (TPSA) is 504 Å². The van der Waals surface area contributed by atoms with Crippen LogP contribution in [-0.4, -0.2) is 265 Å². The molecule has 0 bridgehead atoms. The molecule has 0 spiro atoms. The molecule has 39 nitrogen and oxygen atoms in total. The lowest BCUT2D eigenvalue weighted by molar-refractivity contribution is -0.148. The molecule has 3 heterocycles. The van der Waals surface area contributed by atoms with Crippen LogP contribution in [0.15, 0.2) is 72.8 Å². The third-order valence-corrected chi connectivity index (χ3v) is 20.5. The summed E-state index contributed by atoms with van der Waals surface area (Å²) in [6.07, 6.45) is 4.54. The van der Waals surface area contributed by atoms with E-state index in [1.807, 2.05) is 53.2 Å². The molecule has 2 aromatic heterocycles. The molecular weight excluding hydrogens is 1630 g/mol. The third kappa shape index (κ3) is 37.4. The molecular formula is C84H126N16O23S. The Bertz CT molecular complexity index is 4260. The highest BCUT2D eigenvalue weighted by molar-refractivity contribution is 7.85. The SMILES string of the molecule is CC(C)C(=O)OCc1ccc(NC(=O)[C@H](CCCNC(N)=O)NC(=O)[C@@H](NC(=O)[C@@H](CCCCNC(=O)COC2CCCCCc3c2nnn3CCOCCOCCOCCOCCC(=O)NCCS(=O)(=O)O)NC(=O)CCOCCOCCOCCOCCNC(=O)CCC(=O)N2Cc3ccccc3-c3c(nnn3C(C)C)-c3ccccc32)C(C)C)cc1. The summed E-state index contributed by atoms with van der Waals surface area (Å²) < 4.78 is 90.5. The van der Waals surface area contributed by atoms with E-state index in [-0.39, 0.29) is 193 Å². The van der Waals surface area contributed by atoms with Crippen molar-refractivity contribution in [2.75, 3.05) is 154 Å². The number of aromatic nitrogens is 6. The first kappa shape index (κ1) is 101. The van der Waals surface area contributed by atoms with E-state index in [1.54, 1.807) is 61.5 Å². The van der Waals surface area contributed by atoms with E-state index in [2.05, 4.69) is 77.0 Å². The Morgan fingerprint density at radius 2 is 1.13 bits per heavy atom. The van der Waals surface area contributed by atoms with E-state index >= 15 is 0 Å². The number of carbonyl (C=O) groups is 10. The van der Waals surface area contributed by atoms with Crippen LogP contribution in [0, 0.1) is 11.8 Å². The van der Waals surface area contributed by atoms with Crippen LogP contribution in [0.25, 0.3) is 22.5 Å². The number of ether oxygens (including phenoxy) is 10. The number of fused-ring (bicyclic) bond motifs is 6. The van der Waals surface area contributed by atoms with Crippen molar-refractivity contribution in [3.63, 3.8) is 0 Å². The minimum absolute atomic E-state index is 0.0122. The van der Waals surface area contributed by atoms with Gasteiger partial charge in [-0.1, -0.05) is 106 Å². The highest BCUT2D eigenvalue weighted by atomic mass is 32.2. The number of hydrogen-bond acceptors (Lipinski definition) is 26. The Kier molecular flexibility index (Phi) is 45.7. The van der Waals surface area contributed by atoms with Crippen molar-refractivity contribution < 1.29 is 108 Å². The fourth-order valence-electron chi connectivity index (χ4n) is 13.1. The van der Waals surface area contributed by atoms with Crippen molar-refractivity contribution in [3.05, 3.63) is 95.3 Å². The van der Waals surface area contributed by atoms with Crippen LogP contribution in [-0.2, 0) is 127 Å². The van der Waals surface area contributed by atoms with Crippen molar-refractivity contribution in [2.45, 2.75) is 181 Å². The lowest BCUT2D eigenvalue weighted by Crippen LogP contribution is -2.57. The molecule has 686 valence electrons. The second kappa shape index (κ2) is 56.1. The number of carbonyl (C=O) groups excluding carboxylic acids is 10. The number of primary amides is 1. The zero-order valence-corrected chi connectivity index (χ0v) is 72.9. The van der Waals surface area contributed by atoms with E-state index in [0.717, 1.165) is 47.3 Å². The second-order valence-electron chi connectivity index (χ2n) is 30.5. The number of anilines is 2. The van der Waals surface area contributed by atoms with Gasteiger partial charge in [0.25, 0.3) is 10.1 Å². The van der Waals surface area contributed by atoms with Crippen LogP contribution in [0.1, 0.15) is 160 Å².